The molecule has 0 unspecified atom stereocenters. The number of aromatic nitrogens is 6. The van der Waals surface area contributed by atoms with Gasteiger partial charge < -0.3 is 29.6 Å². The molecule has 0 radical (unpaired) electrons. The van der Waals surface area contributed by atoms with Gasteiger partial charge in [-0.05, 0) is 50.2 Å². The number of hydrogen-bond donors (Lipinski definition) is 2. The Balaban J connectivity index is 1.12. The highest BCUT2D eigenvalue weighted by atomic mass is 19.4. The van der Waals surface area contributed by atoms with Gasteiger partial charge >= 0.3 is 6.18 Å². The third kappa shape index (κ3) is 5.17. The highest BCUT2D eigenvalue weighted by Crippen LogP contribution is 2.46. The molecule has 2 saturated heterocycles. The van der Waals surface area contributed by atoms with Crippen LogP contribution in [0.3, 0.4) is 0 Å². The number of nitrogen functional groups attached to an aromatic ring is 1. The van der Waals surface area contributed by atoms with Crippen LogP contribution in [0.2, 0.25) is 0 Å². The van der Waals surface area contributed by atoms with Gasteiger partial charge in [-0.25, -0.2) is 19.9 Å². The highest BCUT2D eigenvalue weighted by Gasteiger charge is 2.47. The zero-order valence-electron chi connectivity index (χ0n) is 23.2. The summed E-state index contributed by atoms with van der Waals surface area (Å²) in [5.74, 6) is -0.774. The van der Waals surface area contributed by atoms with Crippen LogP contribution in [0.1, 0.15) is 50.9 Å². The third-order valence-corrected chi connectivity index (χ3v) is 8.73. The average Bonchev–Trinajstić information content (AvgIpc) is 3.52. The molecular weight excluding hydrogens is 553 g/mol. The fourth-order valence-corrected chi connectivity index (χ4v) is 6.40. The van der Waals surface area contributed by atoms with E-state index in [9.17, 15) is 23.1 Å². The molecule has 2 aliphatic rings. The van der Waals surface area contributed by atoms with E-state index in [0.717, 1.165) is 4.57 Å². The minimum absolute atomic E-state index is 0.0381. The number of para-hydroxylation sites is 2. The van der Waals surface area contributed by atoms with Gasteiger partial charge in [0.15, 0.2) is 11.5 Å². The summed E-state index contributed by atoms with van der Waals surface area (Å²) in [5, 5.41) is 11.4. The van der Waals surface area contributed by atoms with E-state index in [0.29, 0.717) is 55.6 Å². The number of alkyl halides is 3. The first-order chi connectivity index (χ1) is 20.0. The van der Waals surface area contributed by atoms with Crippen LogP contribution in [0, 0.1) is 5.41 Å². The van der Waals surface area contributed by atoms with Crippen molar-refractivity contribution in [3.8, 4) is 0 Å². The molecule has 0 aliphatic carbocycles. The van der Waals surface area contributed by atoms with Gasteiger partial charge in [0, 0.05) is 26.1 Å². The first-order valence-corrected chi connectivity index (χ1v) is 14.0. The van der Waals surface area contributed by atoms with Crippen molar-refractivity contribution in [2.45, 2.75) is 63.4 Å². The number of carbonyl (C=O) groups is 1. The van der Waals surface area contributed by atoms with Crippen LogP contribution in [0.4, 0.5) is 19.0 Å². The Kier molecular flexibility index (Phi) is 7.08. The van der Waals surface area contributed by atoms with E-state index in [2.05, 4.69) is 19.9 Å². The van der Waals surface area contributed by atoms with Crippen molar-refractivity contribution in [3.63, 3.8) is 0 Å². The number of imidazole rings is 2. The summed E-state index contributed by atoms with van der Waals surface area (Å²) in [7, 11) is 0. The number of anilines is 1. The molecule has 3 aromatic heterocycles. The van der Waals surface area contributed by atoms with Gasteiger partial charge in [-0.15, -0.1) is 0 Å². The second-order valence-electron chi connectivity index (χ2n) is 11.7. The first kappa shape index (κ1) is 28.3. The maximum absolute atomic E-state index is 13.6. The molecule has 2 fully saturated rings. The second kappa shape index (κ2) is 10.5. The fourth-order valence-electron chi connectivity index (χ4n) is 6.40. The summed E-state index contributed by atoms with van der Waals surface area (Å²) in [4.78, 5) is 31.4. The number of nitrogens with two attached hydrogens (primary N) is 1. The van der Waals surface area contributed by atoms with E-state index in [1.165, 1.54) is 6.33 Å². The van der Waals surface area contributed by atoms with Crippen LogP contribution < -0.4 is 5.73 Å². The van der Waals surface area contributed by atoms with Gasteiger partial charge in [0.05, 0.1) is 36.6 Å². The Hall–Kier alpha value is -3.78. The molecule has 2 atom stereocenters. The number of aliphatic hydroxyl groups is 1. The monoisotopic (exact) mass is 586 g/mol. The number of likely N-dealkylation sites (tertiary alicyclic amines) is 1. The number of halogens is 3. The molecule has 1 aromatic carbocycles. The van der Waals surface area contributed by atoms with Gasteiger partial charge in [0.25, 0.3) is 0 Å². The number of rotatable bonds is 5. The molecule has 1 spiro atoms. The molecule has 14 heteroatoms. The van der Waals surface area contributed by atoms with Crippen LogP contribution in [-0.2, 0) is 22.3 Å². The maximum atomic E-state index is 13.6. The standard InChI is InChI=1S/C28H33F3N8O3/c1-26(41)14-42-15-27(13-20(26)39-17-35-22-23(32)33-16-34-24(22)39)8-11-37(12-9-27)21(40)7-4-10-38-19-6-3-2-5-18(19)36-25(38)28(29,30)31/h2-3,5-6,16-17,20,41H,4,7-15H2,1H3,(H2,32,33,34)/t20-,26-/m1/s1. The number of fused-ring (bicyclic) bond motifs is 2. The van der Waals surface area contributed by atoms with Crippen molar-refractivity contribution in [1.82, 2.24) is 34.0 Å². The van der Waals surface area contributed by atoms with Crippen LogP contribution in [0.15, 0.2) is 36.9 Å². The minimum atomic E-state index is -4.59. The first-order valence-electron chi connectivity index (χ1n) is 14.0. The number of ether oxygens (including phenoxy) is 1. The molecule has 224 valence electrons. The number of nitrogens with zero attached hydrogens (tertiary/aromatic N) is 7. The van der Waals surface area contributed by atoms with Crippen LogP contribution >= 0.6 is 0 Å². The molecule has 1 amide bonds. The van der Waals surface area contributed by atoms with Crippen molar-refractivity contribution in [3.05, 3.63) is 42.7 Å². The number of carbonyl (C=O) groups excluding carboxylic acids is 1. The lowest BCUT2D eigenvalue weighted by Crippen LogP contribution is -2.46. The zero-order chi connectivity index (χ0) is 29.7. The molecule has 3 N–H and O–H groups in total. The van der Waals surface area contributed by atoms with E-state index >= 15 is 0 Å². The number of amides is 1. The van der Waals surface area contributed by atoms with Crippen molar-refractivity contribution < 1.29 is 27.8 Å². The van der Waals surface area contributed by atoms with Gasteiger partial charge in [-0.2, -0.15) is 13.2 Å². The zero-order valence-corrected chi connectivity index (χ0v) is 23.2. The van der Waals surface area contributed by atoms with Gasteiger partial charge in [-0.3, -0.25) is 4.79 Å². The topological polar surface area (TPSA) is 137 Å². The highest BCUT2D eigenvalue weighted by molar-refractivity contribution is 5.81. The number of benzene rings is 1. The Morgan fingerprint density at radius 2 is 1.93 bits per heavy atom. The fraction of sp³-hybridized carbons (Fsp3) is 0.536. The smallest absolute Gasteiger partial charge is 0.386 e. The molecule has 11 nitrogen and oxygen atoms in total. The molecule has 0 bridgehead atoms. The number of aryl methyl sites for hydroxylation is 1. The molecule has 5 heterocycles. The second-order valence-corrected chi connectivity index (χ2v) is 11.7. The predicted octanol–water partition coefficient (Wildman–Crippen LogP) is 3.58. The number of hydrogen-bond acceptors (Lipinski definition) is 8. The molecule has 4 aromatic rings. The molecule has 0 saturated carbocycles. The molecule has 6 rings (SSSR count). The Labute approximate surface area is 239 Å². The Bertz CT molecular complexity index is 1610. The Morgan fingerprint density at radius 3 is 2.69 bits per heavy atom. The van der Waals surface area contributed by atoms with E-state index in [4.69, 9.17) is 10.5 Å². The molecule has 2 aliphatic heterocycles. The van der Waals surface area contributed by atoms with Gasteiger partial charge in [0.1, 0.15) is 17.4 Å². The van der Waals surface area contributed by atoms with Crippen molar-refractivity contribution in [2.75, 3.05) is 32.0 Å². The third-order valence-electron chi connectivity index (χ3n) is 8.73. The van der Waals surface area contributed by atoms with Crippen LogP contribution in [0.5, 0.6) is 0 Å². The van der Waals surface area contributed by atoms with E-state index in [1.54, 1.807) is 42.4 Å². The average molecular weight is 587 g/mol. The van der Waals surface area contributed by atoms with Crippen LogP contribution in [0.25, 0.3) is 22.2 Å². The van der Waals surface area contributed by atoms with Crippen molar-refractivity contribution >= 4 is 33.9 Å². The Morgan fingerprint density at radius 1 is 1.17 bits per heavy atom. The lowest BCUT2D eigenvalue weighted by molar-refractivity contribution is -0.147. The van der Waals surface area contributed by atoms with Gasteiger partial charge in [0.2, 0.25) is 11.7 Å². The van der Waals surface area contributed by atoms with E-state index in [-0.39, 0.29) is 48.7 Å². The van der Waals surface area contributed by atoms with Crippen molar-refractivity contribution in [1.29, 1.82) is 0 Å². The SMILES string of the molecule is C[C@@]1(O)COCC2(CCN(C(=O)CCCn3c(C(F)(F)F)nc4ccccc43)CC2)C[C@H]1n1cnc2c(N)ncnc21. The number of piperidine rings is 1. The summed E-state index contributed by atoms with van der Waals surface area (Å²) in [6.07, 6.45) is 0.723. The van der Waals surface area contributed by atoms with Crippen molar-refractivity contribution in [2.24, 2.45) is 5.41 Å². The summed E-state index contributed by atoms with van der Waals surface area (Å²) in [5.41, 5.74) is 6.19. The minimum Gasteiger partial charge on any atom is -0.386 e. The van der Waals surface area contributed by atoms with Crippen LogP contribution in [-0.4, -0.2) is 76.9 Å². The summed E-state index contributed by atoms with van der Waals surface area (Å²) in [6, 6.07) is 6.09. The molecule has 42 heavy (non-hydrogen) atoms. The largest absolute Gasteiger partial charge is 0.449 e. The maximum Gasteiger partial charge on any atom is 0.449 e. The lowest BCUT2D eigenvalue weighted by Gasteiger charge is -2.43. The van der Waals surface area contributed by atoms with E-state index < -0.39 is 23.6 Å². The predicted molar refractivity (Wildman–Crippen MR) is 147 cm³/mol. The quantitative estimate of drug-likeness (QED) is 0.362. The normalized spacial score (nSPS) is 23.1. The summed E-state index contributed by atoms with van der Waals surface area (Å²) < 4.78 is 49.9. The molecular formula is C28H33F3N8O3. The summed E-state index contributed by atoms with van der Waals surface area (Å²) in [6.45, 7) is 3.34. The lowest BCUT2D eigenvalue weighted by atomic mass is 9.72. The van der Waals surface area contributed by atoms with Gasteiger partial charge in [-0.1, -0.05) is 12.1 Å². The summed E-state index contributed by atoms with van der Waals surface area (Å²) >= 11 is 0. The van der Waals surface area contributed by atoms with E-state index in [1.807, 2.05) is 4.57 Å².